The summed E-state index contributed by atoms with van der Waals surface area (Å²) in [7, 11) is 0. The third kappa shape index (κ3) is 5.19. The molecule has 1 amide bonds. The maximum absolute atomic E-state index is 12.6. The van der Waals surface area contributed by atoms with E-state index in [0.29, 0.717) is 31.7 Å². The minimum absolute atomic E-state index is 0.200. The Morgan fingerprint density at radius 1 is 1.10 bits per heavy atom. The first kappa shape index (κ1) is 21.2. The molecule has 0 saturated carbocycles. The molecular formula is C23H26N4O3S. The second-order valence-corrected chi connectivity index (χ2v) is 8.54. The van der Waals surface area contributed by atoms with Crippen LogP contribution in [0.4, 0.5) is 5.82 Å². The number of ether oxygens (including phenoxy) is 1. The van der Waals surface area contributed by atoms with Crippen molar-refractivity contribution in [3.8, 4) is 0 Å². The third-order valence-electron chi connectivity index (χ3n) is 5.33. The zero-order chi connectivity index (χ0) is 21.6. The van der Waals surface area contributed by atoms with Gasteiger partial charge in [-0.15, -0.1) is 11.3 Å². The number of hydrogen-bond acceptors (Lipinski definition) is 7. The van der Waals surface area contributed by atoms with E-state index in [2.05, 4.69) is 20.9 Å². The number of aryl methyl sites for hydroxylation is 1. The maximum Gasteiger partial charge on any atom is 0.339 e. The van der Waals surface area contributed by atoms with Crippen LogP contribution in [0.25, 0.3) is 10.2 Å². The first-order chi connectivity index (χ1) is 15.1. The topological polar surface area (TPSA) is 75.6 Å². The third-order valence-corrected chi connectivity index (χ3v) is 6.43. The van der Waals surface area contributed by atoms with Crippen molar-refractivity contribution in [1.29, 1.82) is 0 Å². The van der Waals surface area contributed by atoms with Crippen molar-refractivity contribution in [2.45, 2.75) is 26.2 Å². The number of aromatic nitrogens is 2. The molecule has 162 valence electrons. The molecule has 0 atom stereocenters. The van der Waals surface area contributed by atoms with Crippen LogP contribution in [0.3, 0.4) is 0 Å². The summed E-state index contributed by atoms with van der Waals surface area (Å²) in [5, 5.41) is 1.09. The van der Waals surface area contributed by atoms with Gasteiger partial charge in [0.1, 0.15) is 5.82 Å². The number of fused-ring (bicyclic) bond motifs is 1. The van der Waals surface area contributed by atoms with E-state index in [1.807, 2.05) is 29.2 Å². The number of anilines is 1. The second kappa shape index (κ2) is 9.87. The van der Waals surface area contributed by atoms with Crippen molar-refractivity contribution < 1.29 is 14.3 Å². The molecule has 0 bridgehead atoms. The van der Waals surface area contributed by atoms with Crippen LogP contribution in [-0.4, -0.2) is 59.5 Å². The van der Waals surface area contributed by atoms with Gasteiger partial charge >= 0.3 is 5.97 Å². The minimum Gasteiger partial charge on any atom is -0.462 e. The molecule has 3 heterocycles. The highest BCUT2D eigenvalue weighted by Crippen LogP contribution is 2.23. The lowest BCUT2D eigenvalue weighted by molar-refractivity contribution is -0.131. The van der Waals surface area contributed by atoms with E-state index in [4.69, 9.17) is 4.74 Å². The summed E-state index contributed by atoms with van der Waals surface area (Å²) in [6, 6.07) is 11.7. The first-order valence-electron chi connectivity index (χ1n) is 10.6. The van der Waals surface area contributed by atoms with Crippen LogP contribution in [-0.2, 0) is 16.0 Å². The van der Waals surface area contributed by atoms with Gasteiger partial charge in [0.05, 0.1) is 27.4 Å². The smallest absolute Gasteiger partial charge is 0.339 e. The van der Waals surface area contributed by atoms with Crippen LogP contribution in [0.5, 0.6) is 0 Å². The predicted octanol–water partition coefficient (Wildman–Crippen LogP) is 3.54. The number of pyridine rings is 1. The number of hydrogen-bond donors (Lipinski definition) is 0. The number of nitrogens with zero attached hydrogens (tertiary/aromatic N) is 4. The van der Waals surface area contributed by atoms with Gasteiger partial charge in [0.25, 0.3) is 0 Å². The Morgan fingerprint density at radius 2 is 1.90 bits per heavy atom. The first-order valence-corrected chi connectivity index (χ1v) is 11.5. The number of rotatable bonds is 7. The Morgan fingerprint density at radius 3 is 2.61 bits per heavy atom. The summed E-state index contributed by atoms with van der Waals surface area (Å²) in [5.41, 5.74) is 1.49. The Kier molecular flexibility index (Phi) is 6.76. The van der Waals surface area contributed by atoms with Gasteiger partial charge in [-0.3, -0.25) is 4.79 Å². The zero-order valence-corrected chi connectivity index (χ0v) is 18.4. The fraction of sp³-hybridized carbons (Fsp3) is 0.391. The van der Waals surface area contributed by atoms with Crippen LogP contribution in [0.1, 0.15) is 35.1 Å². The van der Waals surface area contributed by atoms with Crippen molar-refractivity contribution in [3.63, 3.8) is 0 Å². The average Bonchev–Trinajstić information content (AvgIpc) is 3.22. The molecule has 8 heteroatoms. The minimum atomic E-state index is -0.359. The molecule has 0 aliphatic carbocycles. The molecule has 1 fully saturated rings. The Labute approximate surface area is 185 Å². The quantitative estimate of drug-likeness (QED) is 0.525. The van der Waals surface area contributed by atoms with Crippen LogP contribution >= 0.6 is 11.3 Å². The lowest BCUT2D eigenvalue weighted by Gasteiger charge is -2.35. The molecule has 2 aromatic heterocycles. The summed E-state index contributed by atoms with van der Waals surface area (Å²) in [6.45, 7) is 4.95. The van der Waals surface area contributed by atoms with E-state index >= 15 is 0 Å². The Hall–Kier alpha value is -3.00. The van der Waals surface area contributed by atoms with Crippen LogP contribution < -0.4 is 4.90 Å². The van der Waals surface area contributed by atoms with E-state index < -0.39 is 0 Å². The lowest BCUT2D eigenvalue weighted by atomic mass is 10.2. The molecule has 7 nitrogen and oxygen atoms in total. The van der Waals surface area contributed by atoms with Gasteiger partial charge in [-0.05, 0) is 44.0 Å². The molecule has 1 saturated heterocycles. The van der Waals surface area contributed by atoms with Gasteiger partial charge in [0, 0.05) is 38.8 Å². The maximum atomic E-state index is 12.6. The summed E-state index contributed by atoms with van der Waals surface area (Å²) in [4.78, 5) is 37.5. The number of carbonyl (C=O) groups excluding carboxylic acids is 2. The average molecular weight is 439 g/mol. The number of para-hydroxylation sites is 1. The number of esters is 1. The molecule has 0 spiro atoms. The van der Waals surface area contributed by atoms with Crippen molar-refractivity contribution in [2.24, 2.45) is 0 Å². The fourth-order valence-corrected chi connectivity index (χ4v) is 4.68. The van der Waals surface area contributed by atoms with E-state index in [1.54, 1.807) is 30.5 Å². The number of piperazine rings is 1. The monoisotopic (exact) mass is 438 g/mol. The fourth-order valence-electron chi connectivity index (χ4n) is 3.67. The molecule has 4 rings (SSSR count). The lowest BCUT2D eigenvalue weighted by Crippen LogP contribution is -2.49. The van der Waals surface area contributed by atoms with E-state index in [1.165, 1.54) is 4.70 Å². The number of benzene rings is 1. The molecule has 0 N–H and O–H groups in total. The van der Waals surface area contributed by atoms with Gasteiger partial charge in [-0.1, -0.05) is 12.1 Å². The summed E-state index contributed by atoms with van der Waals surface area (Å²) >= 11 is 1.71. The van der Waals surface area contributed by atoms with Crippen molar-refractivity contribution in [1.82, 2.24) is 14.9 Å². The van der Waals surface area contributed by atoms with Crippen LogP contribution in [0.15, 0.2) is 42.6 Å². The molecule has 3 aromatic rings. The van der Waals surface area contributed by atoms with Crippen molar-refractivity contribution in [3.05, 3.63) is 53.2 Å². The molecule has 31 heavy (non-hydrogen) atoms. The van der Waals surface area contributed by atoms with E-state index in [0.717, 1.165) is 42.3 Å². The standard InChI is InChI=1S/C23H26N4O3S/c1-2-30-23(29)17-10-11-20(24-16-17)26-12-14-27(15-13-26)22(28)9-5-8-21-25-18-6-3-4-7-19(18)31-21/h3-4,6-7,10-11,16H,2,5,8-9,12-15H2,1H3. The highest BCUT2D eigenvalue weighted by Gasteiger charge is 2.22. The summed E-state index contributed by atoms with van der Waals surface area (Å²) < 4.78 is 6.19. The zero-order valence-electron chi connectivity index (χ0n) is 17.6. The van der Waals surface area contributed by atoms with Gasteiger partial charge < -0.3 is 14.5 Å². The van der Waals surface area contributed by atoms with Gasteiger partial charge in [0.15, 0.2) is 0 Å². The van der Waals surface area contributed by atoms with Gasteiger partial charge in [0.2, 0.25) is 5.91 Å². The summed E-state index contributed by atoms with van der Waals surface area (Å²) in [6.07, 6.45) is 3.74. The molecular weight excluding hydrogens is 412 g/mol. The summed E-state index contributed by atoms with van der Waals surface area (Å²) in [5.74, 6) is 0.658. The Balaban J connectivity index is 1.22. The molecule has 1 aliphatic heterocycles. The predicted molar refractivity (Wildman–Crippen MR) is 122 cm³/mol. The second-order valence-electron chi connectivity index (χ2n) is 7.42. The highest BCUT2D eigenvalue weighted by molar-refractivity contribution is 7.18. The molecule has 0 radical (unpaired) electrons. The van der Waals surface area contributed by atoms with Crippen molar-refractivity contribution in [2.75, 3.05) is 37.7 Å². The van der Waals surface area contributed by atoms with E-state index in [-0.39, 0.29) is 11.9 Å². The van der Waals surface area contributed by atoms with Crippen LogP contribution in [0.2, 0.25) is 0 Å². The number of carbonyl (C=O) groups is 2. The largest absolute Gasteiger partial charge is 0.462 e. The highest BCUT2D eigenvalue weighted by atomic mass is 32.1. The van der Waals surface area contributed by atoms with Crippen LogP contribution in [0, 0.1) is 0 Å². The molecule has 1 aromatic carbocycles. The molecule has 1 aliphatic rings. The van der Waals surface area contributed by atoms with Gasteiger partial charge in [-0.2, -0.15) is 0 Å². The number of thiazole rings is 1. The normalized spacial score (nSPS) is 14.1. The Bertz CT molecular complexity index is 1010. The number of amides is 1. The van der Waals surface area contributed by atoms with E-state index in [9.17, 15) is 9.59 Å². The van der Waals surface area contributed by atoms with Crippen molar-refractivity contribution >= 4 is 39.2 Å². The SMILES string of the molecule is CCOC(=O)c1ccc(N2CCN(C(=O)CCCc3nc4ccccc4s3)CC2)nc1. The molecule has 0 unspecified atom stereocenters. The van der Waals surface area contributed by atoms with Gasteiger partial charge in [-0.25, -0.2) is 14.8 Å².